The molecule has 0 aliphatic heterocycles. The quantitative estimate of drug-likeness (QED) is 0.303. The maximum atomic E-state index is 10.9. The molecule has 8 nitrogen and oxygen atoms in total. The van der Waals surface area contributed by atoms with E-state index < -0.39 is 35.8 Å². The number of fused-ring (bicyclic) bond motifs is 1. The van der Waals surface area contributed by atoms with E-state index in [1.165, 1.54) is 0 Å². The minimum Gasteiger partial charge on any atom is -0.744 e. The van der Waals surface area contributed by atoms with Crippen LogP contribution in [0.1, 0.15) is 0 Å². The third kappa shape index (κ3) is 4.57. The van der Waals surface area contributed by atoms with E-state index in [0.29, 0.717) is 6.07 Å². The minimum absolute atomic E-state index is 0. The van der Waals surface area contributed by atoms with Crippen LogP contribution in [-0.4, -0.2) is 31.0 Å². The van der Waals surface area contributed by atoms with Crippen LogP contribution < -0.4 is 64.8 Å². The predicted molar refractivity (Wildman–Crippen MR) is 66.0 cm³/mol. The molecule has 2 aromatic carbocycles. The Hall–Kier alpha value is 0.120. The van der Waals surface area contributed by atoms with Crippen molar-refractivity contribution >= 4 is 36.7 Å². The van der Waals surface area contributed by atoms with Crippen LogP contribution in [0, 0.1) is 0 Å². The number of anilines is 1. The molecule has 2 aromatic rings. The maximum Gasteiger partial charge on any atom is 1.00 e. The van der Waals surface area contributed by atoms with Gasteiger partial charge in [-0.05, 0) is 29.7 Å². The van der Waals surface area contributed by atoms with Crippen LogP contribution in [0.15, 0.2) is 34.1 Å². The average Bonchev–Trinajstić information content (AvgIpc) is 2.25. The number of phenolic OH excluding ortho intramolecular Hbond substituents is 1. The Morgan fingerprint density at radius 1 is 0.864 bits per heavy atom. The number of benzene rings is 2. The van der Waals surface area contributed by atoms with Crippen molar-refractivity contribution in [2.45, 2.75) is 9.79 Å². The van der Waals surface area contributed by atoms with Crippen molar-refractivity contribution in [3.05, 3.63) is 24.3 Å². The first-order valence-corrected chi connectivity index (χ1v) is 7.80. The molecule has 108 valence electrons. The predicted octanol–water partition coefficient (Wildman–Crippen LogP) is -6.06. The molecule has 0 aliphatic rings. The maximum absolute atomic E-state index is 10.9. The molecule has 0 spiro atoms. The number of aromatic hydroxyl groups is 1. The van der Waals surface area contributed by atoms with Crippen molar-refractivity contribution in [2.24, 2.45) is 0 Å². The van der Waals surface area contributed by atoms with Crippen molar-refractivity contribution in [1.29, 1.82) is 0 Å². The molecule has 0 saturated heterocycles. The number of rotatable bonds is 2. The summed E-state index contributed by atoms with van der Waals surface area (Å²) in [5.41, 5.74) is 5.29. The summed E-state index contributed by atoms with van der Waals surface area (Å²) in [6.45, 7) is 0. The van der Waals surface area contributed by atoms with E-state index in [2.05, 4.69) is 0 Å². The number of hydrogen-bond acceptors (Lipinski definition) is 8. The molecule has 0 atom stereocenters. The average molecular weight is 363 g/mol. The molecular weight excluding hydrogens is 356 g/mol. The van der Waals surface area contributed by atoms with Gasteiger partial charge in [-0.25, -0.2) is 16.8 Å². The van der Waals surface area contributed by atoms with Crippen molar-refractivity contribution in [2.75, 3.05) is 5.73 Å². The summed E-state index contributed by atoms with van der Waals surface area (Å²) in [6, 6.07) is 3.22. The molecule has 0 heterocycles. The van der Waals surface area contributed by atoms with Gasteiger partial charge in [-0.15, -0.1) is 0 Å². The number of phenols is 1. The Kier molecular flexibility index (Phi) is 7.38. The van der Waals surface area contributed by atoms with Gasteiger partial charge in [0.05, 0.1) is 9.79 Å². The molecule has 0 fully saturated rings. The van der Waals surface area contributed by atoms with Crippen molar-refractivity contribution in [3.8, 4) is 5.75 Å². The Morgan fingerprint density at radius 2 is 1.27 bits per heavy atom. The van der Waals surface area contributed by atoms with E-state index in [1.807, 2.05) is 0 Å². The van der Waals surface area contributed by atoms with E-state index in [1.54, 1.807) is 0 Å². The molecule has 22 heavy (non-hydrogen) atoms. The summed E-state index contributed by atoms with van der Waals surface area (Å²) in [6.07, 6.45) is 0. The van der Waals surface area contributed by atoms with Crippen molar-refractivity contribution < 1.29 is 90.2 Å². The van der Waals surface area contributed by atoms with Gasteiger partial charge < -0.3 is 19.9 Å². The summed E-state index contributed by atoms with van der Waals surface area (Å²) in [5, 5.41) is 9.48. The molecule has 0 unspecified atom stereocenters. The fourth-order valence-electron chi connectivity index (χ4n) is 1.76. The SMILES string of the molecule is Nc1cc(S(=O)(=O)[O-])cc2cc(S(=O)(=O)[O-])cc(O)c12.[Na+].[Na+]. The first-order chi connectivity index (χ1) is 9.00. The minimum atomic E-state index is -4.86. The molecule has 0 saturated carbocycles. The Labute approximate surface area is 170 Å². The third-order valence-electron chi connectivity index (χ3n) is 2.58. The number of hydrogen-bond donors (Lipinski definition) is 2. The first kappa shape index (κ1) is 22.1. The van der Waals surface area contributed by atoms with Crippen LogP contribution >= 0.6 is 0 Å². The zero-order valence-electron chi connectivity index (χ0n) is 11.6. The van der Waals surface area contributed by atoms with Gasteiger partial charge in [-0.2, -0.15) is 0 Å². The van der Waals surface area contributed by atoms with Crippen LogP contribution in [0.5, 0.6) is 5.75 Å². The zero-order valence-corrected chi connectivity index (χ0v) is 17.2. The molecule has 3 N–H and O–H groups in total. The second-order valence-electron chi connectivity index (χ2n) is 3.96. The van der Waals surface area contributed by atoms with Gasteiger partial charge >= 0.3 is 59.1 Å². The van der Waals surface area contributed by atoms with Crippen LogP contribution in [0.4, 0.5) is 5.69 Å². The number of nitrogens with two attached hydrogens (primary N) is 1. The third-order valence-corrected chi connectivity index (χ3v) is 4.21. The van der Waals surface area contributed by atoms with Crippen LogP contribution in [0.25, 0.3) is 10.8 Å². The molecule has 12 heteroatoms. The van der Waals surface area contributed by atoms with Crippen LogP contribution in [0.2, 0.25) is 0 Å². The van der Waals surface area contributed by atoms with Crippen LogP contribution in [0.3, 0.4) is 0 Å². The van der Waals surface area contributed by atoms with Gasteiger partial charge in [0.25, 0.3) is 0 Å². The largest absolute Gasteiger partial charge is 1.00 e. The van der Waals surface area contributed by atoms with Gasteiger partial charge in [-0.1, -0.05) is 0 Å². The van der Waals surface area contributed by atoms with E-state index in [-0.39, 0.29) is 75.6 Å². The summed E-state index contributed by atoms with van der Waals surface area (Å²) in [4.78, 5) is -1.45. The summed E-state index contributed by atoms with van der Waals surface area (Å²) < 4.78 is 65.6. The smallest absolute Gasteiger partial charge is 0.744 e. The monoisotopic (exact) mass is 363 g/mol. The Bertz CT molecular complexity index is 853. The summed E-state index contributed by atoms with van der Waals surface area (Å²) in [5.74, 6) is -0.607. The fraction of sp³-hybridized carbons (Fsp3) is 0. The van der Waals surface area contributed by atoms with Crippen molar-refractivity contribution in [1.82, 2.24) is 0 Å². The molecule has 0 radical (unpaired) electrons. The summed E-state index contributed by atoms with van der Waals surface area (Å²) in [7, 11) is -9.67. The first-order valence-electron chi connectivity index (χ1n) is 4.98. The molecule has 2 rings (SSSR count). The second kappa shape index (κ2) is 7.34. The second-order valence-corrected chi connectivity index (χ2v) is 6.72. The van der Waals surface area contributed by atoms with E-state index in [9.17, 15) is 31.0 Å². The number of nitrogen functional groups attached to an aromatic ring is 1. The normalized spacial score (nSPS) is 11.5. The Balaban J connectivity index is 0.00000220. The molecular formula is C10H7NNa2O7S2. The molecule has 0 bridgehead atoms. The molecule has 0 amide bonds. The Morgan fingerprint density at radius 3 is 1.68 bits per heavy atom. The van der Waals surface area contributed by atoms with Crippen LogP contribution in [-0.2, 0) is 20.2 Å². The molecule has 0 aliphatic carbocycles. The van der Waals surface area contributed by atoms with Gasteiger partial charge in [0, 0.05) is 11.1 Å². The van der Waals surface area contributed by atoms with Gasteiger partial charge in [-0.3, -0.25) is 0 Å². The fourth-order valence-corrected chi connectivity index (χ4v) is 2.83. The van der Waals surface area contributed by atoms with Gasteiger partial charge in [0.1, 0.15) is 26.0 Å². The zero-order chi connectivity index (χ0) is 15.3. The van der Waals surface area contributed by atoms with Gasteiger partial charge in [0.15, 0.2) is 0 Å². The van der Waals surface area contributed by atoms with Crippen molar-refractivity contribution in [3.63, 3.8) is 0 Å². The van der Waals surface area contributed by atoms with Gasteiger partial charge in [0.2, 0.25) is 0 Å². The van der Waals surface area contributed by atoms with E-state index in [0.717, 1.165) is 18.2 Å². The summed E-state index contributed by atoms with van der Waals surface area (Å²) >= 11 is 0. The topological polar surface area (TPSA) is 161 Å². The van der Waals surface area contributed by atoms with E-state index in [4.69, 9.17) is 5.73 Å². The molecule has 0 aromatic heterocycles. The standard InChI is InChI=1S/C10H9NO7S2.2Na/c11-8-3-6(19(13,14)15)1-5-2-7(20(16,17)18)4-9(12)10(5)8;;/h1-4,12H,11H2,(H,13,14,15)(H,16,17,18);;/q;2*+1/p-2. The van der Waals surface area contributed by atoms with E-state index >= 15 is 0 Å².